The fraction of sp³-hybridized carbons (Fsp3) is 0.562. The van der Waals surface area contributed by atoms with Gasteiger partial charge >= 0.3 is 0 Å². The first-order chi connectivity index (χ1) is 9.65. The summed E-state index contributed by atoms with van der Waals surface area (Å²) < 4.78 is 5.19. The molecule has 0 unspecified atom stereocenters. The van der Waals surface area contributed by atoms with Gasteiger partial charge in [-0.15, -0.1) is 0 Å². The van der Waals surface area contributed by atoms with Gasteiger partial charge in [0.05, 0.1) is 0 Å². The van der Waals surface area contributed by atoms with Crippen molar-refractivity contribution in [2.45, 2.75) is 19.8 Å². The number of benzene rings is 1. The van der Waals surface area contributed by atoms with Crippen LogP contribution in [0.15, 0.2) is 18.2 Å². The number of ether oxygens (including phenoxy) is 1. The molecule has 2 rings (SSSR count). The molecular weight excluding hydrogens is 252 g/mol. The van der Waals surface area contributed by atoms with E-state index in [0.717, 1.165) is 49.4 Å². The molecule has 1 aromatic carbocycles. The van der Waals surface area contributed by atoms with Crippen molar-refractivity contribution in [2.24, 2.45) is 5.92 Å². The Morgan fingerprint density at radius 3 is 2.65 bits per heavy atom. The van der Waals surface area contributed by atoms with E-state index in [4.69, 9.17) is 4.74 Å². The number of likely N-dealkylation sites (tertiary alicyclic amines) is 1. The van der Waals surface area contributed by atoms with E-state index in [2.05, 4.69) is 5.32 Å². The number of aryl methyl sites for hydroxylation is 1. The van der Waals surface area contributed by atoms with Crippen LogP contribution in [0.25, 0.3) is 0 Å². The largest absolute Gasteiger partial charge is 0.388 e. The zero-order valence-electron chi connectivity index (χ0n) is 12.6. The van der Waals surface area contributed by atoms with Crippen molar-refractivity contribution in [3.8, 4) is 0 Å². The number of hydrogen-bond acceptors (Lipinski definition) is 3. The lowest BCUT2D eigenvalue weighted by Gasteiger charge is -2.31. The number of rotatable bonds is 4. The van der Waals surface area contributed by atoms with E-state index >= 15 is 0 Å². The van der Waals surface area contributed by atoms with Crippen molar-refractivity contribution in [3.63, 3.8) is 0 Å². The maximum atomic E-state index is 12.5. The highest BCUT2D eigenvalue weighted by molar-refractivity contribution is 5.95. The summed E-state index contributed by atoms with van der Waals surface area (Å²) >= 11 is 0. The average molecular weight is 276 g/mol. The number of carbonyl (C=O) groups excluding carboxylic acids is 1. The minimum absolute atomic E-state index is 0.145. The number of amides is 1. The topological polar surface area (TPSA) is 41.6 Å². The first-order valence-electron chi connectivity index (χ1n) is 7.22. The molecule has 1 N–H and O–H groups in total. The average Bonchev–Trinajstić information content (AvgIpc) is 2.47. The third kappa shape index (κ3) is 3.31. The van der Waals surface area contributed by atoms with Gasteiger partial charge in [-0.3, -0.25) is 4.79 Å². The molecular formula is C16H24N2O2. The number of nitrogens with one attached hydrogen (secondary N) is 1. The van der Waals surface area contributed by atoms with E-state index in [9.17, 15) is 4.79 Å². The van der Waals surface area contributed by atoms with E-state index in [0.29, 0.717) is 5.92 Å². The van der Waals surface area contributed by atoms with Crippen LogP contribution in [0, 0.1) is 12.8 Å². The highest BCUT2D eigenvalue weighted by Gasteiger charge is 2.23. The highest BCUT2D eigenvalue weighted by Crippen LogP contribution is 2.21. The van der Waals surface area contributed by atoms with Crippen LogP contribution in [0.5, 0.6) is 0 Å². The van der Waals surface area contributed by atoms with Crippen LogP contribution in [-0.2, 0) is 4.74 Å². The monoisotopic (exact) mass is 276 g/mol. The summed E-state index contributed by atoms with van der Waals surface area (Å²) in [6.45, 7) is 4.49. The fourth-order valence-electron chi connectivity index (χ4n) is 2.80. The first-order valence-corrected chi connectivity index (χ1v) is 7.22. The number of hydrogen-bond donors (Lipinski definition) is 1. The fourth-order valence-corrected chi connectivity index (χ4v) is 2.80. The molecule has 1 heterocycles. The van der Waals surface area contributed by atoms with Gasteiger partial charge in [-0.2, -0.15) is 0 Å². The maximum absolute atomic E-state index is 12.5. The Bertz CT molecular complexity index is 466. The van der Waals surface area contributed by atoms with Gasteiger partial charge in [0.1, 0.15) is 0 Å². The van der Waals surface area contributed by atoms with Crippen molar-refractivity contribution in [2.75, 3.05) is 39.2 Å². The van der Waals surface area contributed by atoms with E-state index in [1.165, 1.54) is 0 Å². The third-order valence-corrected chi connectivity index (χ3v) is 4.05. The van der Waals surface area contributed by atoms with Gasteiger partial charge < -0.3 is 15.0 Å². The molecule has 1 aliphatic heterocycles. The molecule has 0 atom stereocenters. The predicted molar refractivity (Wildman–Crippen MR) is 81.2 cm³/mol. The number of methoxy groups -OCH3 is 1. The number of piperidine rings is 1. The molecule has 1 aromatic rings. The van der Waals surface area contributed by atoms with E-state index in [-0.39, 0.29) is 5.91 Å². The van der Waals surface area contributed by atoms with E-state index in [1.807, 2.05) is 37.1 Å². The molecule has 0 spiro atoms. The smallest absolute Gasteiger partial charge is 0.253 e. The Morgan fingerprint density at radius 1 is 1.40 bits per heavy atom. The molecule has 0 saturated carbocycles. The molecule has 0 radical (unpaired) electrons. The summed E-state index contributed by atoms with van der Waals surface area (Å²) in [6, 6.07) is 5.85. The lowest BCUT2D eigenvalue weighted by Crippen LogP contribution is -2.39. The van der Waals surface area contributed by atoms with Crippen molar-refractivity contribution >= 4 is 11.6 Å². The lowest BCUT2D eigenvalue weighted by atomic mass is 9.97. The van der Waals surface area contributed by atoms with Crippen LogP contribution in [0.4, 0.5) is 5.69 Å². The molecule has 0 aliphatic carbocycles. The first kappa shape index (κ1) is 14.9. The Morgan fingerprint density at radius 2 is 2.10 bits per heavy atom. The standard InChI is InChI=1S/C16H24N2O2/c1-12-10-14(4-5-15(12)17-2)16(19)18-8-6-13(7-9-18)11-20-3/h4-5,10,13,17H,6-9,11H2,1-3H3. The molecule has 4 heteroatoms. The van der Waals surface area contributed by atoms with Gasteiger partial charge in [0.2, 0.25) is 0 Å². The quantitative estimate of drug-likeness (QED) is 0.919. The van der Waals surface area contributed by atoms with Crippen LogP contribution in [0.2, 0.25) is 0 Å². The second-order valence-electron chi connectivity index (χ2n) is 5.47. The summed E-state index contributed by atoms with van der Waals surface area (Å²) in [4.78, 5) is 14.4. The van der Waals surface area contributed by atoms with Gasteiger partial charge in [-0.1, -0.05) is 0 Å². The number of carbonyl (C=O) groups is 1. The summed E-state index contributed by atoms with van der Waals surface area (Å²) in [5.41, 5.74) is 2.96. The maximum Gasteiger partial charge on any atom is 0.253 e. The van der Waals surface area contributed by atoms with Gasteiger partial charge in [0.25, 0.3) is 5.91 Å². The Labute approximate surface area is 121 Å². The predicted octanol–water partition coefficient (Wildman–Crippen LogP) is 2.54. The molecule has 4 nitrogen and oxygen atoms in total. The second kappa shape index (κ2) is 6.75. The van der Waals surface area contributed by atoms with Crippen molar-refractivity contribution in [1.82, 2.24) is 4.90 Å². The molecule has 1 fully saturated rings. The van der Waals surface area contributed by atoms with Crippen molar-refractivity contribution in [1.29, 1.82) is 0 Å². The summed E-state index contributed by atoms with van der Waals surface area (Å²) in [7, 11) is 3.63. The number of anilines is 1. The molecule has 1 saturated heterocycles. The van der Waals surface area contributed by atoms with Gasteiger partial charge in [0.15, 0.2) is 0 Å². The van der Waals surface area contributed by atoms with Crippen molar-refractivity contribution in [3.05, 3.63) is 29.3 Å². The minimum atomic E-state index is 0.145. The Hall–Kier alpha value is -1.55. The molecule has 0 aromatic heterocycles. The summed E-state index contributed by atoms with van der Waals surface area (Å²) in [5, 5.41) is 3.12. The van der Waals surface area contributed by atoms with Crippen LogP contribution in [0.1, 0.15) is 28.8 Å². The molecule has 110 valence electrons. The summed E-state index contributed by atoms with van der Waals surface area (Å²) in [5.74, 6) is 0.740. The molecule has 1 aliphatic rings. The molecule has 0 bridgehead atoms. The SMILES string of the molecule is CNc1ccc(C(=O)N2CCC(COC)CC2)cc1C. The van der Waals surface area contributed by atoms with Crippen LogP contribution < -0.4 is 5.32 Å². The Kier molecular flexibility index (Phi) is 5.01. The molecule has 20 heavy (non-hydrogen) atoms. The zero-order valence-corrected chi connectivity index (χ0v) is 12.6. The minimum Gasteiger partial charge on any atom is -0.388 e. The van der Waals surface area contributed by atoms with Crippen LogP contribution >= 0.6 is 0 Å². The second-order valence-corrected chi connectivity index (χ2v) is 5.47. The van der Waals surface area contributed by atoms with Gasteiger partial charge in [0, 0.05) is 45.1 Å². The lowest BCUT2D eigenvalue weighted by molar-refractivity contribution is 0.0613. The van der Waals surface area contributed by atoms with Crippen molar-refractivity contribution < 1.29 is 9.53 Å². The van der Waals surface area contributed by atoms with E-state index in [1.54, 1.807) is 7.11 Å². The Balaban J connectivity index is 2.00. The van der Waals surface area contributed by atoms with E-state index < -0.39 is 0 Å². The normalized spacial score (nSPS) is 16.2. The summed E-state index contributed by atoms with van der Waals surface area (Å²) in [6.07, 6.45) is 2.07. The number of nitrogens with zero attached hydrogens (tertiary/aromatic N) is 1. The van der Waals surface area contributed by atoms with Gasteiger partial charge in [-0.25, -0.2) is 0 Å². The highest BCUT2D eigenvalue weighted by atomic mass is 16.5. The zero-order chi connectivity index (χ0) is 14.5. The van der Waals surface area contributed by atoms with Gasteiger partial charge in [-0.05, 0) is 49.4 Å². The van der Waals surface area contributed by atoms with Crippen LogP contribution in [0.3, 0.4) is 0 Å². The van der Waals surface area contributed by atoms with Crippen LogP contribution in [-0.4, -0.2) is 44.7 Å². The third-order valence-electron chi connectivity index (χ3n) is 4.05. The molecule has 1 amide bonds.